The second-order valence-corrected chi connectivity index (χ2v) is 7.66. The number of amides is 2. The third-order valence-corrected chi connectivity index (χ3v) is 4.99. The maximum atomic E-state index is 12.6. The van der Waals surface area contributed by atoms with Gasteiger partial charge in [-0.05, 0) is 73.4 Å². The minimum absolute atomic E-state index is 0.0119. The van der Waals surface area contributed by atoms with Gasteiger partial charge in [-0.15, -0.1) is 0 Å². The SMILES string of the molecule is Cc1ccc(C)c(NC(=O)/C(C#N)=C\c2ccc(OCC(=O)Nc3ccccc3C)cc2)c1. The maximum absolute atomic E-state index is 12.6. The number of para-hydroxylation sites is 1. The molecule has 0 radical (unpaired) electrons. The third kappa shape index (κ3) is 6.55. The Morgan fingerprint density at radius 2 is 1.61 bits per heavy atom. The van der Waals surface area contributed by atoms with Crippen molar-refractivity contribution < 1.29 is 14.3 Å². The van der Waals surface area contributed by atoms with E-state index in [0.717, 1.165) is 22.4 Å². The van der Waals surface area contributed by atoms with E-state index in [1.165, 1.54) is 6.08 Å². The zero-order valence-electron chi connectivity index (χ0n) is 18.8. The predicted molar refractivity (Wildman–Crippen MR) is 130 cm³/mol. The molecule has 3 rings (SSSR count). The summed E-state index contributed by atoms with van der Waals surface area (Å²) in [4.78, 5) is 24.7. The monoisotopic (exact) mass is 439 g/mol. The summed E-state index contributed by atoms with van der Waals surface area (Å²) in [7, 11) is 0. The highest BCUT2D eigenvalue weighted by atomic mass is 16.5. The largest absolute Gasteiger partial charge is 0.484 e. The molecular formula is C27H25N3O3. The van der Waals surface area contributed by atoms with E-state index in [1.807, 2.05) is 69.3 Å². The van der Waals surface area contributed by atoms with Crippen molar-refractivity contribution in [2.24, 2.45) is 0 Å². The number of rotatable bonds is 7. The zero-order chi connectivity index (χ0) is 23.8. The van der Waals surface area contributed by atoms with Crippen molar-refractivity contribution in [3.05, 3.63) is 94.6 Å². The third-order valence-electron chi connectivity index (χ3n) is 4.99. The van der Waals surface area contributed by atoms with Gasteiger partial charge in [-0.25, -0.2) is 0 Å². The van der Waals surface area contributed by atoms with E-state index in [0.29, 0.717) is 17.0 Å². The molecule has 3 aromatic rings. The van der Waals surface area contributed by atoms with Crippen molar-refractivity contribution in [3.63, 3.8) is 0 Å². The molecule has 0 aromatic heterocycles. The Hall–Kier alpha value is -4.37. The first-order valence-corrected chi connectivity index (χ1v) is 10.4. The number of ether oxygens (including phenoxy) is 1. The summed E-state index contributed by atoms with van der Waals surface area (Å²) in [5, 5.41) is 15.1. The van der Waals surface area contributed by atoms with Gasteiger partial charge in [0.2, 0.25) is 0 Å². The highest BCUT2D eigenvalue weighted by Gasteiger charge is 2.11. The topological polar surface area (TPSA) is 91.2 Å². The normalized spacial score (nSPS) is 10.8. The van der Waals surface area contributed by atoms with Crippen LogP contribution in [0, 0.1) is 32.1 Å². The average molecular weight is 440 g/mol. The van der Waals surface area contributed by atoms with Gasteiger partial charge < -0.3 is 15.4 Å². The van der Waals surface area contributed by atoms with Crippen LogP contribution < -0.4 is 15.4 Å². The van der Waals surface area contributed by atoms with E-state index in [4.69, 9.17) is 4.74 Å². The number of anilines is 2. The molecule has 33 heavy (non-hydrogen) atoms. The fourth-order valence-electron chi connectivity index (χ4n) is 3.08. The molecule has 2 amide bonds. The molecule has 0 fully saturated rings. The highest BCUT2D eigenvalue weighted by Crippen LogP contribution is 2.19. The smallest absolute Gasteiger partial charge is 0.266 e. The van der Waals surface area contributed by atoms with Crippen molar-refractivity contribution >= 4 is 29.3 Å². The molecule has 0 saturated carbocycles. The number of aryl methyl sites for hydroxylation is 3. The Bertz CT molecular complexity index is 1240. The molecule has 0 spiro atoms. The van der Waals surface area contributed by atoms with E-state index in [9.17, 15) is 14.9 Å². The molecule has 166 valence electrons. The number of nitrogens with zero attached hydrogens (tertiary/aromatic N) is 1. The van der Waals surface area contributed by atoms with Crippen LogP contribution in [0.2, 0.25) is 0 Å². The minimum atomic E-state index is -0.473. The molecule has 0 aliphatic heterocycles. The van der Waals surface area contributed by atoms with E-state index in [-0.39, 0.29) is 18.1 Å². The number of nitriles is 1. The van der Waals surface area contributed by atoms with Crippen molar-refractivity contribution in [2.45, 2.75) is 20.8 Å². The zero-order valence-corrected chi connectivity index (χ0v) is 18.8. The molecule has 0 aliphatic carbocycles. The Balaban J connectivity index is 1.60. The molecule has 0 atom stereocenters. The number of carbonyl (C=O) groups is 2. The fraction of sp³-hybridized carbons (Fsp3) is 0.148. The van der Waals surface area contributed by atoms with E-state index in [2.05, 4.69) is 10.6 Å². The summed E-state index contributed by atoms with van der Waals surface area (Å²) in [6, 6.07) is 22.0. The van der Waals surface area contributed by atoms with Crippen LogP contribution in [0.3, 0.4) is 0 Å². The molecule has 6 nitrogen and oxygen atoms in total. The summed E-state index contributed by atoms with van der Waals surface area (Å²) >= 11 is 0. The summed E-state index contributed by atoms with van der Waals surface area (Å²) in [5.74, 6) is -0.229. The first-order chi connectivity index (χ1) is 15.9. The highest BCUT2D eigenvalue weighted by molar-refractivity contribution is 6.10. The lowest BCUT2D eigenvalue weighted by molar-refractivity contribution is -0.118. The van der Waals surface area contributed by atoms with E-state index in [1.54, 1.807) is 24.3 Å². The molecule has 6 heteroatoms. The van der Waals surface area contributed by atoms with Crippen LogP contribution >= 0.6 is 0 Å². The van der Waals surface area contributed by atoms with Gasteiger partial charge in [0.05, 0.1) is 0 Å². The van der Waals surface area contributed by atoms with E-state index >= 15 is 0 Å². The fourth-order valence-corrected chi connectivity index (χ4v) is 3.08. The Kier molecular flexibility index (Phi) is 7.61. The van der Waals surface area contributed by atoms with Gasteiger partial charge in [-0.3, -0.25) is 9.59 Å². The molecule has 3 aromatic carbocycles. The molecule has 0 saturated heterocycles. The first kappa shape index (κ1) is 23.3. The second kappa shape index (κ2) is 10.8. The maximum Gasteiger partial charge on any atom is 0.266 e. The van der Waals surface area contributed by atoms with Gasteiger partial charge in [-0.2, -0.15) is 5.26 Å². The number of benzene rings is 3. The van der Waals surface area contributed by atoms with Crippen LogP contribution in [0.25, 0.3) is 6.08 Å². The Labute approximate surface area is 193 Å². The summed E-state index contributed by atoms with van der Waals surface area (Å²) in [6.45, 7) is 5.61. The van der Waals surface area contributed by atoms with Gasteiger partial charge in [0.1, 0.15) is 17.4 Å². The molecule has 0 aliphatic rings. The van der Waals surface area contributed by atoms with Crippen LogP contribution in [0.15, 0.2) is 72.3 Å². The van der Waals surface area contributed by atoms with Crippen LogP contribution in [0.5, 0.6) is 5.75 Å². The summed E-state index contributed by atoms with van der Waals surface area (Å²) in [5.41, 5.74) is 4.97. The van der Waals surface area contributed by atoms with Crippen molar-refractivity contribution in [1.82, 2.24) is 0 Å². The van der Waals surface area contributed by atoms with Gasteiger partial charge in [0, 0.05) is 11.4 Å². The molecule has 0 heterocycles. The summed E-state index contributed by atoms with van der Waals surface area (Å²) in [6.07, 6.45) is 1.51. The number of hydrogen-bond donors (Lipinski definition) is 2. The van der Waals surface area contributed by atoms with Crippen molar-refractivity contribution in [3.8, 4) is 11.8 Å². The second-order valence-electron chi connectivity index (χ2n) is 7.66. The molecule has 0 unspecified atom stereocenters. The van der Waals surface area contributed by atoms with Crippen LogP contribution in [-0.4, -0.2) is 18.4 Å². The van der Waals surface area contributed by atoms with Gasteiger partial charge in [0.15, 0.2) is 6.61 Å². The van der Waals surface area contributed by atoms with Crippen LogP contribution in [0.1, 0.15) is 22.3 Å². The summed E-state index contributed by atoms with van der Waals surface area (Å²) < 4.78 is 5.54. The lowest BCUT2D eigenvalue weighted by Gasteiger charge is -2.10. The minimum Gasteiger partial charge on any atom is -0.484 e. The Morgan fingerprint density at radius 1 is 0.909 bits per heavy atom. The number of carbonyl (C=O) groups excluding carboxylic acids is 2. The first-order valence-electron chi connectivity index (χ1n) is 10.4. The molecule has 2 N–H and O–H groups in total. The standard InChI is InChI=1S/C27H25N3O3/c1-18-8-9-20(3)25(14-18)30-27(32)22(16-28)15-21-10-12-23(13-11-21)33-17-26(31)29-24-7-5-4-6-19(24)2/h4-15H,17H2,1-3H3,(H,29,31)(H,30,32)/b22-15-. The van der Waals surface area contributed by atoms with Crippen molar-refractivity contribution in [1.29, 1.82) is 5.26 Å². The lowest BCUT2D eigenvalue weighted by atomic mass is 10.1. The predicted octanol–water partition coefficient (Wildman–Crippen LogP) is 5.18. The average Bonchev–Trinajstić information content (AvgIpc) is 2.80. The van der Waals surface area contributed by atoms with Gasteiger partial charge in [0.25, 0.3) is 11.8 Å². The quantitative estimate of drug-likeness (QED) is 0.392. The van der Waals surface area contributed by atoms with Gasteiger partial charge in [-0.1, -0.05) is 42.5 Å². The van der Waals surface area contributed by atoms with Crippen LogP contribution in [-0.2, 0) is 9.59 Å². The molecular weight excluding hydrogens is 414 g/mol. The Morgan fingerprint density at radius 3 is 2.30 bits per heavy atom. The van der Waals surface area contributed by atoms with Gasteiger partial charge >= 0.3 is 0 Å². The molecule has 0 bridgehead atoms. The van der Waals surface area contributed by atoms with E-state index < -0.39 is 5.91 Å². The number of hydrogen-bond acceptors (Lipinski definition) is 4. The van der Waals surface area contributed by atoms with Crippen molar-refractivity contribution in [2.75, 3.05) is 17.2 Å². The van der Waals surface area contributed by atoms with Crippen LogP contribution in [0.4, 0.5) is 11.4 Å². The number of nitrogens with one attached hydrogen (secondary N) is 2. The lowest BCUT2D eigenvalue weighted by Crippen LogP contribution is -2.20.